The van der Waals surface area contributed by atoms with E-state index >= 15 is 0 Å². The van der Waals surface area contributed by atoms with Gasteiger partial charge in [-0.05, 0) is 50.7 Å². The van der Waals surface area contributed by atoms with Gasteiger partial charge in [0.2, 0.25) is 11.8 Å². The number of halogens is 1. The average molecular weight is 401 g/mol. The van der Waals surface area contributed by atoms with Gasteiger partial charge in [0.15, 0.2) is 11.6 Å². The lowest BCUT2D eigenvalue weighted by atomic mass is 10.1. The molecule has 29 heavy (non-hydrogen) atoms. The number of anilines is 1. The first kappa shape index (κ1) is 22.4. The predicted octanol–water partition coefficient (Wildman–Crippen LogP) is 3.06. The molecule has 2 aromatic carbocycles. The summed E-state index contributed by atoms with van der Waals surface area (Å²) in [6.07, 6.45) is 0. The summed E-state index contributed by atoms with van der Waals surface area (Å²) in [7, 11) is 4.79. The van der Waals surface area contributed by atoms with Crippen LogP contribution in [0.2, 0.25) is 0 Å². The number of nitrogens with one attached hydrogen (secondary N) is 1. The standard InChI is InChI=1S/C22H28FN3O3/c1-15-6-9-18(10-7-15)24-21(27)14-26(4)22(28)16(2)25(3)13-17-8-11-20(29-5)19(23)12-17/h6-12,16H,13-14H2,1-5H3,(H,24,27)/t16-/m1/s1. The molecule has 0 bridgehead atoms. The molecule has 156 valence electrons. The zero-order valence-electron chi connectivity index (χ0n) is 17.5. The third kappa shape index (κ3) is 6.29. The van der Waals surface area contributed by atoms with Crippen LogP contribution in [0, 0.1) is 12.7 Å². The third-order valence-corrected chi connectivity index (χ3v) is 4.76. The second-order valence-corrected chi connectivity index (χ2v) is 7.17. The fourth-order valence-electron chi connectivity index (χ4n) is 2.87. The Hall–Kier alpha value is -2.93. The third-order valence-electron chi connectivity index (χ3n) is 4.76. The molecule has 1 atom stereocenters. The number of hydrogen-bond acceptors (Lipinski definition) is 4. The highest BCUT2D eigenvalue weighted by Crippen LogP contribution is 2.19. The summed E-state index contributed by atoms with van der Waals surface area (Å²) >= 11 is 0. The first-order chi connectivity index (χ1) is 13.7. The Labute approximate surface area is 171 Å². The number of ether oxygens (including phenoxy) is 1. The number of carbonyl (C=O) groups excluding carboxylic acids is 2. The summed E-state index contributed by atoms with van der Waals surface area (Å²) in [5.41, 5.74) is 2.52. The monoisotopic (exact) mass is 401 g/mol. The molecule has 0 aliphatic rings. The molecule has 0 spiro atoms. The van der Waals surface area contributed by atoms with E-state index in [0.717, 1.165) is 11.1 Å². The molecule has 0 aliphatic carbocycles. The van der Waals surface area contributed by atoms with E-state index in [1.807, 2.05) is 31.2 Å². The quantitative estimate of drug-likeness (QED) is 0.739. The lowest BCUT2D eigenvalue weighted by Gasteiger charge is -2.28. The molecule has 0 saturated carbocycles. The van der Waals surface area contributed by atoms with Crippen LogP contribution < -0.4 is 10.1 Å². The fourth-order valence-corrected chi connectivity index (χ4v) is 2.87. The molecule has 0 unspecified atom stereocenters. The number of likely N-dealkylation sites (N-methyl/N-ethyl adjacent to an activating group) is 2. The van der Waals surface area contributed by atoms with Crippen molar-refractivity contribution in [3.05, 3.63) is 59.4 Å². The normalized spacial score (nSPS) is 11.8. The van der Waals surface area contributed by atoms with E-state index in [2.05, 4.69) is 5.32 Å². The van der Waals surface area contributed by atoms with E-state index in [1.165, 1.54) is 18.1 Å². The van der Waals surface area contributed by atoms with E-state index in [0.29, 0.717) is 12.2 Å². The number of hydrogen-bond donors (Lipinski definition) is 1. The van der Waals surface area contributed by atoms with Gasteiger partial charge in [0.05, 0.1) is 19.7 Å². The van der Waals surface area contributed by atoms with Gasteiger partial charge in [-0.25, -0.2) is 4.39 Å². The maximum atomic E-state index is 13.9. The van der Waals surface area contributed by atoms with Gasteiger partial charge < -0.3 is 15.0 Å². The van der Waals surface area contributed by atoms with Gasteiger partial charge in [-0.2, -0.15) is 0 Å². The predicted molar refractivity (Wildman–Crippen MR) is 111 cm³/mol. The number of rotatable bonds is 8. The maximum Gasteiger partial charge on any atom is 0.243 e. The van der Waals surface area contributed by atoms with Gasteiger partial charge in [-0.3, -0.25) is 14.5 Å². The van der Waals surface area contributed by atoms with Crippen molar-refractivity contribution >= 4 is 17.5 Å². The molecule has 1 N–H and O–H groups in total. The van der Waals surface area contributed by atoms with Crippen molar-refractivity contribution < 1.29 is 18.7 Å². The van der Waals surface area contributed by atoms with E-state index in [1.54, 1.807) is 38.1 Å². The summed E-state index contributed by atoms with van der Waals surface area (Å²) in [6, 6.07) is 11.7. The average Bonchev–Trinajstić information content (AvgIpc) is 2.68. The zero-order chi connectivity index (χ0) is 21.6. The summed E-state index contributed by atoms with van der Waals surface area (Å²) in [5.74, 6) is -0.723. The van der Waals surface area contributed by atoms with Crippen molar-refractivity contribution in [2.75, 3.05) is 33.1 Å². The van der Waals surface area contributed by atoms with Crippen LogP contribution in [0.1, 0.15) is 18.1 Å². The summed E-state index contributed by atoms with van der Waals surface area (Å²) < 4.78 is 18.8. The summed E-state index contributed by atoms with van der Waals surface area (Å²) in [4.78, 5) is 28.1. The Bertz CT molecular complexity index is 855. The summed E-state index contributed by atoms with van der Waals surface area (Å²) in [6.45, 7) is 4.06. The van der Waals surface area contributed by atoms with Gasteiger partial charge >= 0.3 is 0 Å². The van der Waals surface area contributed by atoms with E-state index < -0.39 is 11.9 Å². The van der Waals surface area contributed by atoms with Gasteiger partial charge in [-0.15, -0.1) is 0 Å². The van der Waals surface area contributed by atoms with Crippen LogP contribution in [0.5, 0.6) is 5.75 Å². The second-order valence-electron chi connectivity index (χ2n) is 7.17. The Morgan fingerprint density at radius 1 is 1.14 bits per heavy atom. The van der Waals surface area contributed by atoms with Crippen molar-refractivity contribution in [1.82, 2.24) is 9.80 Å². The molecular formula is C22H28FN3O3. The largest absolute Gasteiger partial charge is 0.494 e. The van der Waals surface area contributed by atoms with Crippen LogP contribution in [-0.4, -0.2) is 55.4 Å². The molecule has 2 aromatic rings. The van der Waals surface area contributed by atoms with E-state index in [9.17, 15) is 14.0 Å². The zero-order valence-corrected chi connectivity index (χ0v) is 17.5. The lowest BCUT2D eigenvalue weighted by molar-refractivity contribution is -0.137. The Morgan fingerprint density at radius 2 is 1.79 bits per heavy atom. The highest BCUT2D eigenvalue weighted by molar-refractivity contribution is 5.95. The van der Waals surface area contributed by atoms with Crippen molar-refractivity contribution in [1.29, 1.82) is 0 Å². The first-order valence-corrected chi connectivity index (χ1v) is 9.35. The van der Waals surface area contributed by atoms with E-state index in [4.69, 9.17) is 4.74 Å². The smallest absolute Gasteiger partial charge is 0.243 e. The first-order valence-electron chi connectivity index (χ1n) is 9.35. The number of carbonyl (C=O) groups is 2. The minimum Gasteiger partial charge on any atom is -0.494 e. The van der Waals surface area contributed by atoms with Crippen molar-refractivity contribution in [3.63, 3.8) is 0 Å². The highest BCUT2D eigenvalue weighted by atomic mass is 19.1. The van der Waals surface area contributed by atoms with Crippen molar-refractivity contribution in [3.8, 4) is 5.75 Å². The highest BCUT2D eigenvalue weighted by Gasteiger charge is 2.23. The van der Waals surface area contributed by atoms with Crippen LogP contribution >= 0.6 is 0 Å². The van der Waals surface area contributed by atoms with Crippen LogP contribution in [0.15, 0.2) is 42.5 Å². The SMILES string of the molecule is COc1ccc(CN(C)[C@H](C)C(=O)N(C)CC(=O)Nc2ccc(C)cc2)cc1F. The Kier molecular flexibility index (Phi) is 7.73. The molecule has 2 amide bonds. The molecule has 0 aliphatic heterocycles. The number of amides is 2. The van der Waals surface area contributed by atoms with E-state index in [-0.39, 0.29) is 24.1 Å². The number of methoxy groups -OCH3 is 1. The molecule has 0 radical (unpaired) electrons. The second kappa shape index (κ2) is 10.0. The molecule has 0 saturated heterocycles. The minimum atomic E-state index is -0.475. The lowest BCUT2D eigenvalue weighted by Crippen LogP contribution is -2.46. The molecule has 0 heterocycles. The molecule has 0 aromatic heterocycles. The molecule has 2 rings (SSSR count). The Balaban J connectivity index is 1.90. The minimum absolute atomic E-state index is 0.0535. The van der Waals surface area contributed by atoms with Crippen molar-refractivity contribution in [2.45, 2.75) is 26.4 Å². The van der Waals surface area contributed by atoms with Crippen LogP contribution in [0.4, 0.5) is 10.1 Å². The van der Waals surface area contributed by atoms with Crippen LogP contribution in [0.3, 0.4) is 0 Å². The van der Waals surface area contributed by atoms with Gasteiger partial charge in [0.25, 0.3) is 0 Å². The fraction of sp³-hybridized carbons (Fsp3) is 0.364. The molecule has 6 nitrogen and oxygen atoms in total. The van der Waals surface area contributed by atoms with Gasteiger partial charge in [-0.1, -0.05) is 23.8 Å². The molecule has 0 fully saturated rings. The topological polar surface area (TPSA) is 61.9 Å². The van der Waals surface area contributed by atoms with Crippen LogP contribution in [0.25, 0.3) is 0 Å². The number of nitrogens with zero attached hydrogens (tertiary/aromatic N) is 2. The van der Waals surface area contributed by atoms with Gasteiger partial charge in [0, 0.05) is 19.3 Å². The van der Waals surface area contributed by atoms with Crippen molar-refractivity contribution in [2.24, 2.45) is 0 Å². The van der Waals surface area contributed by atoms with Crippen LogP contribution in [-0.2, 0) is 16.1 Å². The maximum absolute atomic E-state index is 13.9. The number of benzene rings is 2. The summed E-state index contributed by atoms with van der Waals surface area (Å²) in [5, 5.41) is 2.78. The number of aryl methyl sites for hydroxylation is 1. The molecule has 7 heteroatoms. The van der Waals surface area contributed by atoms with Gasteiger partial charge in [0.1, 0.15) is 0 Å². The Morgan fingerprint density at radius 3 is 2.38 bits per heavy atom. The molecular weight excluding hydrogens is 373 g/mol.